The molecule has 0 aromatic heterocycles. The van der Waals surface area contributed by atoms with Crippen molar-refractivity contribution in [2.45, 2.75) is 52.6 Å². The fourth-order valence-corrected chi connectivity index (χ4v) is 3.49. The van der Waals surface area contributed by atoms with Crippen LogP contribution in [0.5, 0.6) is 0 Å². The maximum atomic E-state index is 10.7. The van der Waals surface area contributed by atoms with Gasteiger partial charge in [-0.2, -0.15) is 5.26 Å². The molecule has 0 spiro atoms. The van der Waals surface area contributed by atoms with Crippen molar-refractivity contribution in [3.8, 4) is 6.07 Å². The maximum absolute atomic E-state index is 10.7. The number of benzene rings is 1. The summed E-state index contributed by atoms with van der Waals surface area (Å²) in [6.07, 6.45) is 3.15. The zero-order valence-electron chi connectivity index (χ0n) is 12.1. The zero-order valence-corrected chi connectivity index (χ0v) is 12.1. The molecule has 1 saturated carbocycles. The summed E-state index contributed by atoms with van der Waals surface area (Å²) in [6.45, 7) is 6.25. The molecule has 3 atom stereocenters. The van der Waals surface area contributed by atoms with E-state index in [1.807, 2.05) is 26.0 Å². The van der Waals surface area contributed by atoms with Gasteiger partial charge in [0.25, 0.3) is 0 Å². The molecule has 0 bridgehead atoms. The summed E-state index contributed by atoms with van der Waals surface area (Å²) < 4.78 is 0. The van der Waals surface area contributed by atoms with Crippen LogP contribution in [0.1, 0.15) is 55.4 Å². The second-order valence-electron chi connectivity index (χ2n) is 6.29. The van der Waals surface area contributed by atoms with Gasteiger partial charge in [-0.3, -0.25) is 0 Å². The van der Waals surface area contributed by atoms with E-state index < -0.39 is 11.5 Å². The van der Waals surface area contributed by atoms with E-state index in [2.05, 4.69) is 19.1 Å². The summed E-state index contributed by atoms with van der Waals surface area (Å²) in [7, 11) is 0. The van der Waals surface area contributed by atoms with Gasteiger partial charge in [-0.25, -0.2) is 0 Å². The highest BCUT2D eigenvalue weighted by Crippen LogP contribution is 2.47. The molecule has 1 aromatic carbocycles. The number of nitriles is 1. The predicted molar refractivity (Wildman–Crippen MR) is 76.6 cm³/mol. The SMILES string of the molecule is Cc1cc(C)cc(C(O)C2(C#N)CCCC(C)C2)c1. The summed E-state index contributed by atoms with van der Waals surface area (Å²) in [6, 6.07) is 8.55. The van der Waals surface area contributed by atoms with Crippen molar-refractivity contribution in [2.75, 3.05) is 0 Å². The zero-order chi connectivity index (χ0) is 14.0. The molecule has 3 unspecified atom stereocenters. The van der Waals surface area contributed by atoms with Crippen LogP contribution in [-0.2, 0) is 0 Å². The summed E-state index contributed by atoms with van der Waals surface area (Å²) in [4.78, 5) is 0. The number of aliphatic hydroxyl groups is 1. The van der Waals surface area contributed by atoms with Crippen molar-refractivity contribution in [1.29, 1.82) is 5.26 Å². The standard InChI is InChI=1S/C17H23NO/c1-12-5-4-6-17(10-12,11-18)16(19)15-8-13(2)7-14(3)9-15/h7-9,12,16,19H,4-6,10H2,1-3H3. The highest BCUT2D eigenvalue weighted by Gasteiger charge is 2.42. The number of aryl methyl sites for hydroxylation is 2. The van der Waals surface area contributed by atoms with Crippen LogP contribution in [0.15, 0.2) is 18.2 Å². The Hall–Kier alpha value is -1.33. The molecule has 0 heterocycles. The Bertz CT molecular complexity index is 482. The van der Waals surface area contributed by atoms with E-state index in [1.54, 1.807) is 0 Å². The Morgan fingerprint density at radius 2 is 1.95 bits per heavy atom. The molecule has 1 aliphatic carbocycles. The van der Waals surface area contributed by atoms with Crippen LogP contribution in [-0.4, -0.2) is 5.11 Å². The summed E-state index contributed by atoms with van der Waals surface area (Å²) in [5, 5.41) is 20.4. The third-order valence-electron chi connectivity index (χ3n) is 4.34. The van der Waals surface area contributed by atoms with Crippen molar-refractivity contribution in [2.24, 2.45) is 11.3 Å². The van der Waals surface area contributed by atoms with Gasteiger partial charge in [0, 0.05) is 0 Å². The van der Waals surface area contributed by atoms with Crippen LogP contribution in [0.3, 0.4) is 0 Å². The summed E-state index contributed by atoms with van der Waals surface area (Å²) in [5.41, 5.74) is 2.59. The molecule has 1 aromatic rings. The number of hydrogen-bond acceptors (Lipinski definition) is 2. The molecule has 2 nitrogen and oxygen atoms in total. The van der Waals surface area contributed by atoms with Gasteiger partial charge in [0.2, 0.25) is 0 Å². The number of nitrogens with zero attached hydrogens (tertiary/aromatic N) is 1. The molecule has 1 aliphatic rings. The first-order chi connectivity index (χ1) is 8.97. The summed E-state index contributed by atoms with van der Waals surface area (Å²) in [5.74, 6) is 0.522. The van der Waals surface area contributed by atoms with Crippen LogP contribution < -0.4 is 0 Å². The van der Waals surface area contributed by atoms with E-state index in [0.29, 0.717) is 5.92 Å². The van der Waals surface area contributed by atoms with Crippen LogP contribution in [0.25, 0.3) is 0 Å². The van der Waals surface area contributed by atoms with Gasteiger partial charge in [0.1, 0.15) is 0 Å². The molecule has 2 heteroatoms. The van der Waals surface area contributed by atoms with Gasteiger partial charge < -0.3 is 5.11 Å². The van der Waals surface area contributed by atoms with E-state index in [9.17, 15) is 10.4 Å². The highest BCUT2D eigenvalue weighted by atomic mass is 16.3. The highest BCUT2D eigenvalue weighted by molar-refractivity contribution is 5.32. The Morgan fingerprint density at radius 1 is 1.32 bits per heavy atom. The Balaban J connectivity index is 2.35. The first kappa shape index (κ1) is 14.1. The van der Waals surface area contributed by atoms with Gasteiger partial charge in [0.15, 0.2) is 0 Å². The van der Waals surface area contributed by atoms with Crippen molar-refractivity contribution in [3.63, 3.8) is 0 Å². The normalized spacial score (nSPS) is 28.7. The van der Waals surface area contributed by atoms with Gasteiger partial charge in [0.05, 0.1) is 17.6 Å². The van der Waals surface area contributed by atoms with Gasteiger partial charge >= 0.3 is 0 Å². The van der Waals surface area contributed by atoms with Crippen molar-refractivity contribution < 1.29 is 5.11 Å². The average Bonchev–Trinajstić information content (AvgIpc) is 2.36. The number of hydrogen-bond donors (Lipinski definition) is 1. The van der Waals surface area contributed by atoms with E-state index in [-0.39, 0.29) is 0 Å². The lowest BCUT2D eigenvalue weighted by molar-refractivity contribution is 0.0219. The fraction of sp³-hybridized carbons (Fsp3) is 0.588. The van der Waals surface area contributed by atoms with E-state index in [4.69, 9.17) is 0 Å². The molecule has 1 N–H and O–H groups in total. The second-order valence-corrected chi connectivity index (χ2v) is 6.29. The number of aliphatic hydroxyl groups excluding tert-OH is 1. The lowest BCUT2D eigenvalue weighted by Crippen LogP contribution is -2.33. The molecule has 102 valence electrons. The maximum Gasteiger partial charge on any atom is 0.0976 e. The Morgan fingerprint density at radius 3 is 2.47 bits per heavy atom. The topological polar surface area (TPSA) is 44.0 Å². The Labute approximate surface area is 116 Å². The molecule has 1 fully saturated rings. The minimum Gasteiger partial charge on any atom is -0.387 e. The molecular formula is C17H23NO. The minimum atomic E-state index is -0.668. The molecule has 19 heavy (non-hydrogen) atoms. The quantitative estimate of drug-likeness (QED) is 0.868. The predicted octanol–water partition coefficient (Wildman–Crippen LogP) is 4.06. The molecule has 2 rings (SSSR count). The smallest absolute Gasteiger partial charge is 0.0976 e. The van der Waals surface area contributed by atoms with Crippen LogP contribution in [0.4, 0.5) is 0 Å². The fourth-order valence-electron chi connectivity index (χ4n) is 3.49. The van der Waals surface area contributed by atoms with E-state index >= 15 is 0 Å². The minimum absolute atomic E-state index is 0.522. The lowest BCUT2D eigenvalue weighted by Gasteiger charge is -2.38. The second kappa shape index (κ2) is 5.35. The van der Waals surface area contributed by atoms with Gasteiger partial charge in [-0.15, -0.1) is 0 Å². The Kier molecular flexibility index (Phi) is 3.96. The molecule has 0 radical (unpaired) electrons. The van der Waals surface area contributed by atoms with Crippen molar-refractivity contribution in [3.05, 3.63) is 34.9 Å². The third kappa shape index (κ3) is 2.82. The lowest BCUT2D eigenvalue weighted by atomic mass is 9.66. The molecule has 0 saturated heterocycles. The largest absolute Gasteiger partial charge is 0.387 e. The first-order valence-corrected chi connectivity index (χ1v) is 7.14. The first-order valence-electron chi connectivity index (χ1n) is 7.14. The van der Waals surface area contributed by atoms with Gasteiger partial charge in [-0.05, 0) is 38.2 Å². The summed E-state index contributed by atoms with van der Waals surface area (Å²) >= 11 is 0. The van der Waals surface area contributed by atoms with Crippen molar-refractivity contribution >= 4 is 0 Å². The van der Waals surface area contributed by atoms with E-state index in [1.165, 1.54) is 6.42 Å². The molecule has 0 aliphatic heterocycles. The number of rotatable bonds is 2. The monoisotopic (exact) mass is 257 g/mol. The average molecular weight is 257 g/mol. The van der Waals surface area contributed by atoms with Crippen LogP contribution in [0, 0.1) is 36.5 Å². The van der Waals surface area contributed by atoms with Crippen LogP contribution in [0.2, 0.25) is 0 Å². The van der Waals surface area contributed by atoms with Crippen molar-refractivity contribution in [1.82, 2.24) is 0 Å². The van der Waals surface area contributed by atoms with E-state index in [0.717, 1.165) is 36.0 Å². The van der Waals surface area contributed by atoms with Crippen LogP contribution >= 0.6 is 0 Å². The molecule has 0 amide bonds. The molecular weight excluding hydrogens is 234 g/mol. The third-order valence-corrected chi connectivity index (χ3v) is 4.34. The van der Waals surface area contributed by atoms with Gasteiger partial charge in [-0.1, -0.05) is 49.1 Å².